The first-order chi connectivity index (χ1) is 6.79. The van der Waals surface area contributed by atoms with Gasteiger partial charge in [-0.3, -0.25) is 0 Å². The number of hydrogen-bond donors (Lipinski definition) is 1. The molecule has 0 amide bonds. The number of rotatable bonds is 3. The van der Waals surface area contributed by atoms with Crippen molar-refractivity contribution in [2.75, 3.05) is 19.7 Å². The maximum atomic E-state index is 14.1. The van der Waals surface area contributed by atoms with Gasteiger partial charge in [0.05, 0.1) is 6.10 Å². The third-order valence-corrected chi connectivity index (χ3v) is 3.44. The van der Waals surface area contributed by atoms with E-state index in [1.807, 2.05) is 0 Å². The molecule has 14 heavy (non-hydrogen) atoms. The summed E-state index contributed by atoms with van der Waals surface area (Å²) in [6, 6.07) is 0. The van der Waals surface area contributed by atoms with Crippen molar-refractivity contribution in [1.82, 2.24) is 5.32 Å². The summed E-state index contributed by atoms with van der Waals surface area (Å²) >= 11 is 0. The monoisotopic (exact) mass is 201 g/mol. The van der Waals surface area contributed by atoms with Gasteiger partial charge in [0.15, 0.2) is 0 Å². The summed E-state index contributed by atoms with van der Waals surface area (Å²) in [7, 11) is 0. The first-order valence-electron chi connectivity index (χ1n) is 5.80. The van der Waals surface area contributed by atoms with E-state index in [9.17, 15) is 4.39 Å². The summed E-state index contributed by atoms with van der Waals surface area (Å²) in [6.07, 6.45) is 5.60. The predicted molar refractivity (Wildman–Crippen MR) is 54.2 cm³/mol. The zero-order chi connectivity index (χ0) is 9.86. The van der Waals surface area contributed by atoms with Crippen LogP contribution in [-0.4, -0.2) is 31.5 Å². The van der Waals surface area contributed by atoms with Gasteiger partial charge in [-0.1, -0.05) is 0 Å². The molecule has 0 aromatic heterocycles. The Balaban J connectivity index is 1.72. The van der Waals surface area contributed by atoms with Gasteiger partial charge in [-0.25, -0.2) is 4.39 Å². The fourth-order valence-electron chi connectivity index (χ4n) is 2.42. The third kappa shape index (κ3) is 2.67. The third-order valence-electron chi connectivity index (χ3n) is 3.44. The van der Waals surface area contributed by atoms with Crippen LogP contribution < -0.4 is 5.32 Å². The van der Waals surface area contributed by atoms with E-state index >= 15 is 0 Å². The highest BCUT2D eigenvalue weighted by molar-refractivity contribution is 4.85. The second-order valence-corrected chi connectivity index (χ2v) is 4.57. The summed E-state index contributed by atoms with van der Waals surface area (Å²) < 4.78 is 19.6. The van der Waals surface area contributed by atoms with Crippen molar-refractivity contribution in [2.45, 2.75) is 50.3 Å². The van der Waals surface area contributed by atoms with Gasteiger partial charge in [-0.15, -0.1) is 0 Å². The second kappa shape index (κ2) is 4.58. The maximum absolute atomic E-state index is 14.1. The molecule has 2 aliphatic rings. The molecule has 3 heteroatoms. The smallest absolute Gasteiger partial charge is 0.113 e. The van der Waals surface area contributed by atoms with E-state index < -0.39 is 5.67 Å². The minimum atomic E-state index is -0.906. The van der Waals surface area contributed by atoms with E-state index in [4.69, 9.17) is 4.74 Å². The molecular weight excluding hydrogens is 181 g/mol. The Labute approximate surface area is 85.2 Å². The van der Waals surface area contributed by atoms with E-state index in [-0.39, 0.29) is 0 Å². The Hall–Kier alpha value is -0.150. The van der Waals surface area contributed by atoms with Crippen LogP contribution in [0.5, 0.6) is 0 Å². The van der Waals surface area contributed by atoms with Crippen molar-refractivity contribution in [2.24, 2.45) is 0 Å². The molecular formula is C11H20FNO. The van der Waals surface area contributed by atoms with Crippen molar-refractivity contribution in [3.63, 3.8) is 0 Å². The van der Waals surface area contributed by atoms with Crippen molar-refractivity contribution in [3.8, 4) is 0 Å². The first-order valence-corrected chi connectivity index (χ1v) is 5.80. The molecule has 0 aromatic rings. The molecule has 2 aliphatic heterocycles. The quantitative estimate of drug-likeness (QED) is 0.754. The number of nitrogens with one attached hydrogen (secondary N) is 1. The Bertz CT molecular complexity index is 174. The Kier molecular flexibility index (Phi) is 3.39. The highest BCUT2D eigenvalue weighted by atomic mass is 19.1. The average molecular weight is 201 g/mol. The van der Waals surface area contributed by atoms with E-state index in [0.717, 1.165) is 39.0 Å². The van der Waals surface area contributed by atoms with Crippen LogP contribution in [0.15, 0.2) is 0 Å². The van der Waals surface area contributed by atoms with Crippen LogP contribution >= 0.6 is 0 Å². The lowest BCUT2D eigenvalue weighted by atomic mass is 9.88. The zero-order valence-corrected chi connectivity index (χ0v) is 8.73. The zero-order valence-electron chi connectivity index (χ0n) is 8.73. The summed E-state index contributed by atoms with van der Waals surface area (Å²) in [4.78, 5) is 0. The fourth-order valence-corrected chi connectivity index (χ4v) is 2.42. The summed E-state index contributed by atoms with van der Waals surface area (Å²) in [5.41, 5.74) is -0.906. The molecule has 0 radical (unpaired) electrons. The van der Waals surface area contributed by atoms with E-state index in [1.165, 1.54) is 0 Å². The Morgan fingerprint density at radius 1 is 1.36 bits per heavy atom. The number of hydrogen-bond acceptors (Lipinski definition) is 2. The molecule has 1 atom stereocenters. The Morgan fingerprint density at radius 2 is 2.14 bits per heavy atom. The molecule has 2 saturated heterocycles. The lowest BCUT2D eigenvalue weighted by Gasteiger charge is -2.30. The summed E-state index contributed by atoms with van der Waals surface area (Å²) in [6.45, 7) is 2.55. The molecule has 2 rings (SSSR count). The topological polar surface area (TPSA) is 21.3 Å². The summed E-state index contributed by atoms with van der Waals surface area (Å²) in [5, 5.41) is 3.20. The molecule has 0 bridgehead atoms. The molecule has 1 N–H and O–H groups in total. The van der Waals surface area contributed by atoms with Crippen LogP contribution in [-0.2, 0) is 4.74 Å². The molecule has 0 aromatic carbocycles. The standard InChI is InChI=1S/C11H20FNO/c12-11(5-7-13-8-6-11)4-3-10-2-1-9-14-10/h10,13H,1-9H2. The van der Waals surface area contributed by atoms with Crippen molar-refractivity contribution in [3.05, 3.63) is 0 Å². The van der Waals surface area contributed by atoms with Gasteiger partial charge in [0.25, 0.3) is 0 Å². The number of halogens is 1. The number of ether oxygens (including phenoxy) is 1. The van der Waals surface area contributed by atoms with Crippen molar-refractivity contribution < 1.29 is 9.13 Å². The van der Waals surface area contributed by atoms with E-state index in [2.05, 4.69) is 5.32 Å². The van der Waals surface area contributed by atoms with Gasteiger partial charge in [-0.2, -0.15) is 0 Å². The van der Waals surface area contributed by atoms with Gasteiger partial charge in [-0.05, 0) is 51.6 Å². The Morgan fingerprint density at radius 3 is 2.79 bits per heavy atom. The molecule has 2 nitrogen and oxygen atoms in total. The molecule has 1 unspecified atom stereocenters. The predicted octanol–water partition coefficient (Wildman–Crippen LogP) is 2.04. The lowest BCUT2D eigenvalue weighted by molar-refractivity contribution is 0.0570. The first kappa shape index (κ1) is 10.4. The van der Waals surface area contributed by atoms with Gasteiger partial charge in [0, 0.05) is 6.61 Å². The summed E-state index contributed by atoms with van der Waals surface area (Å²) in [5.74, 6) is 0. The van der Waals surface area contributed by atoms with E-state index in [1.54, 1.807) is 0 Å². The molecule has 0 spiro atoms. The highest BCUT2D eigenvalue weighted by Gasteiger charge is 2.32. The van der Waals surface area contributed by atoms with Gasteiger partial charge >= 0.3 is 0 Å². The lowest BCUT2D eigenvalue weighted by Crippen LogP contribution is -2.39. The molecule has 82 valence electrons. The number of alkyl halides is 1. The normalized spacial score (nSPS) is 31.9. The van der Waals surface area contributed by atoms with Crippen LogP contribution in [0, 0.1) is 0 Å². The van der Waals surface area contributed by atoms with Gasteiger partial charge in [0.2, 0.25) is 0 Å². The molecule has 0 aliphatic carbocycles. The minimum Gasteiger partial charge on any atom is -0.378 e. The SMILES string of the molecule is FC1(CCC2CCCO2)CCNCC1. The van der Waals surface area contributed by atoms with Crippen LogP contribution in [0.2, 0.25) is 0 Å². The van der Waals surface area contributed by atoms with Crippen molar-refractivity contribution >= 4 is 0 Å². The highest BCUT2D eigenvalue weighted by Crippen LogP contribution is 2.31. The molecule has 2 heterocycles. The van der Waals surface area contributed by atoms with Gasteiger partial charge in [0.1, 0.15) is 5.67 Å². The minimum absolute atomic E-state index is 0.345. The fraction of sp³-hybridized carbons (Fsp3) is 1.00. The maximum Gasteiger partial charge on any atom is 0.113 e. The average Bonchev–Trinajstić information content (AvgIpc) is 2.69. The van der Waals surface area contributed by atoms with Crippen LogP contribution in [0.1, 0.15) is 38.5 Å². The van der Waals surface area contributed by atoms with Crippen LogP contribution in [0.25, 0.3) is 0 Å². The second-order valence-electron chi connectivity index (χ2n) is 4.57. The molecule has 2 fully saturated rings. The van der Waals surface area contributed by atoms with E-state index in [0.29, 0.717) is 25.4 Å². The number of piperidine rings is 1. The van der Waals surface area contributed by atoms with Crippen molar-refractivity contribution in [1.29, 1.82) is 0 Å². The van der Waals surface area contributed by atoms with Crippen LogP contribution in [0.3, 0.4) is 0 Å². The molecule has 0 saturated carbocycles. The largest absolute Gasteiger partial charge is 0.378 e. The van der Waals surface area contributed by atoms with Crippen LogP contribution in [0.4, 0.5) is 4.39 Å². The van der Waals surface area contributed by atoms with Gasteiger partial charge < -0.3 is 10.1 Å².